The van der Waals surface area contributed by atoms with E-state index in [1.54, 1.807) is 18.3 Å². The van der Waals surface area contributed by atoms with E-state index < -0.39 is 6.04 Å². The average molecular weight is 383 g/mol. The summed E-state index contributed by atoms with van der Waals surface area (Å²) < 4.78 is 13.0. The van der Waals surface area contributed by atoms with Gasteiger partial charge in [-0.3, -0.25) is 4.79 Å². The van der Waals surface area contributed by atoms with E-state index in [4.69, 9.17) is 0 Å². The van der Waals surface area contributed by atoms with Crippen LogP contribution in [0.2, 0.25) is 0 Å². The lowest BCUT2D eigenvalue weighted by Gasteiger charge is -2.20. The Kier molecular flexibility index (Phi) is 6.73. The Morgan fingerprint density at radius 1 is 1.14 bits per heavy atom. The number of hydrogen-bond donors (Lipinski definition) is 3. The smallest absolute Gasteiger partial charge is 0.258 e. The van der Waals surface area contributed by atoms with Gasteiger partial charge in [-0.25, -0.2) is 20.7 Å². The largest absolute Gasteiger partial charge is 0.372 e. The zero-order chi connectivity index (χ0) is 19.9. The number of benzene rings is 2. The van der Waals surface area contributed by atoms with Crippen molar-refractivity contribution in [2.75, 3.05) is 18.0 Å². The molecule has 2 aromatic rings. The van der Waals surface area contributed by atoms with Gasteiger partial charge >= 0.3 is 0 Å². The molecule has 2 unspecified atom stereocenters. The van der Waals surface area contributed by atoms with Crippen LogP contribution >= 0.6 is 0 Å². The van der Waals surface area contributed by atoms with Crippen LogP contribution in [0, 0.1) is 5.82 Å². The summed E-state index contributed by atoms with van der Waals surface area (Å²) >= 11 is 0. The van der Waals surface area contributed by atoms with Gasteiger partial charge < -0.3 is 4.90 Å². The molecule has 0 saturated carbocycles. The van der Waals surface area contributed by atoms with Gasteiger partial charge in [0, 0.05) is 24.8 Å². The lowest BCUT2D eigenvalue weighted by molar-refractivity contribution is -0.122. The van der Waals surface area contributed by atoms with Crippen molar-refractivity contribution in [3.63, 3.8) is 0 Å². The molecule has 7 heteroatoms. The molecule has 0 spiro atoms. The topological polar surface area (TPSA) is 68.8 Å². The summed E-state index contributed by atoms with van der Waals surface area (Å²) in [6.07, 6.45) is 2.19. The molecule has 0 radical (unpaired) electrons. The molecule has 148 valence electrons. The fraction of sp³-hybridized carbons (Fsp3) is 0.333. The maximum absolute atomic E-state index is 13.0. The molecule has 2 atom stereocenters. The number of hydrazine groups is 1. The molecule has 0 aliphatic carbocycles. The van der Waals surface area contributed by atoms with Crippen LogP contribution in [0.15, 0.2) is 53.6 Å². The fourth-order valence-corrected chi connectivity index (χ4v) is 3.25. The third-order valence-corrected chi connectivity index (χ3v) is 4.90. The van der Waals surface area contributed by atoms with Crippen molar-refractivity contribution in [1.82, 2.24) is 16.3 Å². The minimum absolute atomic E-state index is 0.0482. The highest BCUT2D eigenvalue weighted by Crippen LogP contribution is 2.22. The second-order valence-corrected chi connectivity index (χ2v) is 6.68. The van der Waals surface area contributed by atoms with Gasteiger partial charge in [0.05, 0.1) is 6.21 Å². The molecule has 1 fully saturated rings. The van der Waals surface area contributed by atoms with Gasteiger partial charge in [0.1, 0.15) is 11.9 Å². The highest BCUT2D eigenvalue weighted by atomic mass is 19.1. The zero-order valence-corrected chi connectivity index (χ0v) is 16.2. The Labute approximate surface area is 164 Å². The molecule has 1 heterocycles. The van der Waals surface area contributed by atoms with Gasteiger partial charge in [0.15, 0.2) is 0 Å². The summed E-state index contributed by atoms with van der Waals surface area (Å²) in [5, 5.41) is 4.05. The molecule has 28 heavy (non-hydrogen) atoms. The number of nitrogens with one attached hydrogen (secondary N) is 3. The van der Waals surface area contributed by atoms with Crippen molar-refractivity contribution in [2.24, 2.45) is 5.10 Å². The fourth-order valence-electron chi connectivity index (χ4n) is 3.25. The first kappa shape index (κ1) is 20.0. The quantitative estimate of drug-likeness (QED) is 0.508. The molecular formula is C21H26FN5O. The second kappa shape index (κ2) is 9.43. The first-order valence-corrected chi connectivity index (χ1v) is 9.55. The monoisotopic (exact) mass is 383 g/mol. The molecule has 6 nitrogen and oxygen atoms in total. The van der Waals surface area contributed by atoms with E-state index in [1.807, 2.05) is 24.3 Å². The number of anilines is 1. The first-order chi connectivity index (χ1) is 13.6. The normalized spacial score (nSPS) is 19.1. The van der Waals surface area contributed by atoms with E-state index in [0.29, 0.717) is 6.42 Å². The number of amides is 1. The van der Waals surface area contributed by atoms with Gasteiger partial charge in [-0.05, 0) is 55.7 Å². The van der Waals surface area contributed by atoms with Gasteiger partial charge in [0.25, 0.3) is 5.91 Å². The van der Waals surface area contributed by atoms with Crippen molar-refractivity contribution in [3.05, 3.63) is 65.5 Å². The van der Waals surface area contributed by atoms with Gasteiger partial charge in [-0.15, -0.1) is 0 Å². The molecule has 3 N–H and O–H groups in total. The molecule has 1 aliphatic rings. The standard InChI is InChI=1S/C21H26FN5O/c1-3-27(4-2)18-11-5-15(6-12-18)14-23-26-21(28)20-13-19(24-25-20)16-7-9-17(22)10-8-16/h5-12,14,19-20,24-25H,3-4,13H2,1-2H3,(H,26,28)/b23-14+. The number of hydrogen-bond acceptors (Lipinski definition) is 5. The third-order valence-electron chi connectivity index (χ3n) is 4.90. The minimum Gasteiger partial charge on any atom is -0.372 e. The maximum Gasteiger partial charge on any atom is 0.258 e. The highest BCUT2D eigenvalue weighted by Gasteiger charge is 2.29. The van der Waals surface area contributed by atoms with Crippen LogP contribution in [-0.2, 0) is 4.79 Å². The average Bonchev–Trinajstić information content (AvgIpc) is 3.21. The van der Waals surface area contributed by atoms with Gasteiger partial charge in [-0.1, -0.05) is 24.3 Å². The molecule has 1 amide bonds. The molecule has 1 saturated heterocycles. The molecule has 2 aromatic carbocycles. The highest BCUT2D eigenvalue weighted by molar-refractivity contribution is 5.85. The summed E-state index contributed by atoms with van der Waals surface area (Å²) in [6, 6.07) is 13.9. The number of hydrazone groups is 1. The van der Waals surface area contributed by atoms with Gasteiger partial charge in [-0.2, -0.15) is 5.10 Å². The lowest BCUT2D eigenvalue weighted by Crippen LogP contribution is -2.41. The van der Waals surface area contributed by atoms with Crippen LogP contribution in [0.1, 0.15) is 37.4 Å². The summed E-state index contributed by atoms with van der Waals surface area (Å²) in [7, 11) is 0. The minimum atomic E-state index is -0.405. The number of carbonyl (C=O) groups excluding carboxylic acids is 1. The van der Waals surface area contributed by atoms with Crippen molar-refractivity contribution in [1.29, 1.82) is 0 Å². The lowest BCUT2D eigenvalue weighted by atomic mass is 10.0. The van der Waals surface area contributed by atoms with E-state index in [1.165, 1.54) is 17.8 Å². The summed E-state index contributed by atoms with van der Waals surface area (Å²) in [5.74, 6) is -0.489. The van der Waals surface area contributed by atoms with Gasteiger partial charge in [0.2, 0.25) is 0 Å². The zero-order valence-electron chi connectivity index (χ0n) is 16.2. The molecular weight excluding hydrogens is 357 g/mol. The number of carbonyl (C=O) groups is 1. The number of nitrogens with zero attached hydrogens (tertiary/aromatic N) is 2. The van der Waals surface area contributed by atoms with E-state index in [9.17, 15) is 9.18 Å². The van der Waals surface area contributed by atoms with E-state index in [-0.39, 0.29) is 17.8 Å². The Morgan fingerprint density at radius 3 is 2.46 bits per heavy atom. The van der Waals surface area contributed by atoms with Crippen molar-refractivity contribution < 1.29 is 9.18 Å². The van der Waals surface area contributed by atoms with Crippen LogP contribution in [0.4, 0.5) is 10.1 Å². The third kappa shape index (κ3) is 4.94. The van der Waals surface area contributed by atoms with Crippen LogP contribution in [0.3, 0.4) is 0 Å². The maximum atomic E-state index is 13.0. The SMILES string of the molecule is CCN(CC)c1ccc(/C=N/NC(=O)C2CC(c3ccc(F)cc3)NN2)cc1. The van der Waals surface area contributed by atoms with Crippen molar-refractivity contribution >= 4 is 17.8 Å². The summed E-state index contributed by atoms with van der Waals surface area (Å²) in [5.41, 5.74) is 11.6. The Bertz CT molecular complexity index is 803. The summed E-state index contributed by atoms with van der Waals surface area (Å²) in [4.78, 5) is 14.6. The second-order valence-electron chi connectivity index (χ2n) is 6.68. The van der Waals surface area contributed by atoms with Crippen LogP contribution < -0.4 is 21.2 Å². The molecule has 0 bridgehead atoms. The predicted octanol–water partition coefficient (Wildman–Crippen LogP) is 2.73. The first-order valence-electron chi connectivity index (χ1n) is 9.55. The predicted molar refractivity (Wildman–Crippen MR) is 110 cm³/mol. The number of rotatable bonds is 7. The van der Waals surface area contributed by atoms with Crippen LogP contribution in [0.25, 0.3) is 0 Å². The molecule has 0 aromatic heterocycles. The van der Waals surface area contributed by atoms with Crippen molar-refractivity contribution in [3.8, 4) is 0 Å². The van der Waals surface area contributed by atoms with E-state index in [0.717, 1.165) is 24.2 Å². The van der Waals surface area contributed by atoms with E-state index >= 15 is 0 Å². The van der Waals surface area contributed by atoms with Crippen LogP contribution in [-0.4, -0.2) is 31.3 Å². The Morgan fingerprint density at radius 2 is 1.82 bits per heavy atom. The molecule has 1 aliphatic heterocycles. The molecule has 3 rings (SSSR count). The van der Waals surface area contributed by atoms with Crippen LogP contribution in [0.5, 0.6) is 0 Å². The number of halogens is 1. The van der Waals surface area contributed by atoms with E-state index in [2.05, 4.69) is 40.1 Å². The van der Waals surface area contributed by atoms with Crippen molar-refractivity contribution in [2.45, 2.75) is 32.4 Å². The Balaban J connectivity index is 1.50. The summed E-state index contributed by atoms with van der Waals surface area (Å²) in [6.45, 7) is 6.17. The Hall–Kier alpha value is -2.77.